The fraction of sp³-hybridized carbons (Fsp3) is 0.250. The molecule has 1 unspecified atom stereocenters. The number of rotatable bonds is 0. The van der Waals surface area contributed by atoms with Crippen LogP contribution in [0.3, 0.4) is 0 Å². The molecule has 1 aromatic rings. The first kappa shape index (κ1) is 5.61. The third-order valence-corrected chi connectivity index (χ3v) is 2.65. The van der Waals surface area contributed by atoms with Gasteiger partial charge in [-0.15, -0.1) is 0 Å². The van der Waals surface area contributed by atoms with Crippen LogP contribution in [-0.2, 0) is 0 Å². The highest BCUT2D eigenvalue weighted by atomic mass is 79.9. The summed E-state index contributed by atoms with van der Waals surface area (Å²) >= 11 is 5.04. The maximum absolute atomic E-state index is 4.08. The van der Waals surface area contributed by atoms with Crippen molar-refractivity contribution in [1.29, 1.82) is 0 Å². The minimum Gasteiger partial charge on any atom is -0.300 e. The van der Waals surface area contributed by atoms with Gasteiger partial charge in [0.05, 0.1) is 0 Å². The molecule has 0 saturated carbocycles. The number of alkyl halides is 1. The molecule has 5 heteroatoms. The third kappa shape index (κ3) is 0.840. The standard InChI is InChI=1S/C4H4BrN3S/c5-3-7-8-2-1-6-4(8)9-3/h1-3,7H. The van der Waals surface area contributed by atoms with E-state index < -0.39 is 0 Å². The van der Waals surface area contributed by atoms with Gasteiger partial charge in [-0.2, -0.15) is 0 Å². The van der Waals surface area contributed by atoms with Gasteiger partial charge in [-0.3, -0.25) is 5.43 Å². The first-order valence-electron chi connectivity index (χ1n) is 2.47. The van der Waals surface area contributed by atoms with Crippen molar-refractivity contribution in [2.75, 3.05) is 5.43 Å². The number of fused-ring (bicyclic) bond motifs is 1. The molecular weight excluding hydrogens is 202 g/mol. The quantitative estimate of drug-likeness (QED) is 0.511. The predicted octanol–water partition coefficient (Wildman–Crippen LogP) is 1.21. The lowest BCUT2D eigenvalue weighted by Gasteiger charge is -1.98. The molecule has 1 aliphatic heterocycles. The van der Waals surface area contributed by atoms with Crippen molar-refractivity contribution >= 4 is 27.7 Å². The molecule has 2 rings (SSSR count). The van der Waals surface area contributed by atoms with Gasteiger partial charge in [-0.05, 0) is 11.8 Å². The molecular formula is C4H4BrN3S. The van der Waals surface area contributed by atoms with Crippen LogP contribution in [0.4, 0.5) is 0 Å². The molecule has 0 amide bonds. The van der Waals surface area contributed by atoms with Crippen LogP contribution < -0.4 is 5.43 Å². The van der Waals surface area contributed by atoms with Crippen molar-refractivity contribution < 1.29 is 0 Å². The van der Waals surface area contributed by atoms with Crippen LogP contribution >= 0.6 is 27.7 Å². The molecule has 0 fully saturated rings. The molecule has 0 radical (unpaired) electrons. The largest absolute Gasteiger partial charge is 0.300 e. The lowest BCUT2D eigenvalue weighted by Crippen LogP contribution is -2.10. The zero-order chi connectivity index (χ0) is 6.27. The van der Waals surface area contributed by atoms with Gasteiger partial charge in [0.25, 0.3) is 0 Å². The van der Waals surface area contributed by atoms with E-state index in [1.54, 1.807) is 18.0 Å². The molecule has 1 N–H and O–H groups in total. The smallest absolute Gasteiger partial charge is 0.189 e. The van der Waals surface area contributed by atoms with Gasteiger partial charge >= 0.3 is 0 Å². The van der Waals surface area contributed by atoms with Gasteiger partial charge < -0.3 is 0 Å². The van der Waals surface area contributed by atoms with Gasteiger partial charge in [0.1, 0.15) is 4.28 Å². The summed E-state index contributed by atoms with van der Waals surface area (Å²) in [6, 6.07) is 0. The van der Waals surface area contributed by atoms with Gasteiger partial charge in [-0.1, -0.05) is 15.9 Å². The number of hydrogen-bond acceptors (Lipinski definition) is 3. The molecule has 0 spiro atoms. The normalized spacial score (nSPS) is 23.4. The molecule has 0 bridgehead atoms. The Morgan fingerprint density at radius 3 is 3.56 bits per heavy atom. The van der Waals surface area contributed by atoms with Crippen LogP contribution in [0.15, 0.2) is 17.6 Å². The average molecular weight is 206 g/mol. The Labute approximate surface area is 64.9 Å². The number of aromatic nitrogens is 2. The lowest BCUT2D eigenvalue weighted by molar-refractivity contribution is 0.822. The van der Waals surface area contributed by atoms with E-state index in [2.05, 4.69) is 26.3 Å². The van der Waals surface area contributed by atoms with Crippen LogP contribution in [0.25, 0.3) is 0 Å². The summed E-state index contributed by atoms with van der Waals surface area (Å²) < 4.78 is 2.17. The van der Waals surface area contributed by atoms with Crippen LogP contribution in [0.5, 0.6) is 0 Å². The Kier molecular flexibility index (Phi) is 1.19. The van der Waals surface area contributed by atoms with Crippen molar-refractivity contribution in [3.05, 3.63) is 12.4 Å². The third-order valence-electron chi connectivity index (χ3n) is 1.06. The van der Waals surface area contributed by atoms with Crippen LogP contribution in [0.1, 0.15) is 0 Å². The first-order valence-corrected chi connectivity index (χ1v) is 4.26. The van der Waals surface area contributed by atoms with E-state index >= 15 is 0 Å². The van der Waals surface area contributed by atoms with Gasteiger partial charge in [0.2, 0.25) is 0 Å². The average Bonchev–Trinajstić information content (AvgIpc) is 2.22. The fourth-order valence-corrected chi connectivity index (χ4v) is 2.13. The minimum absolute atomic E-state index is 0.279. The monoisotopic (exact) mass is 205 g/mol. The fourth-order valence-electron chi connectivity index (χ4n) is 0.703. The Hall–Kier alpha value is -0.160. The zero-order valence-electron chi connectivity index (χ0n) is 4.41. The van der Waals surface area contributed by atoms with E-state index in [-0.39, 0.29) is 4.28 Å². The minimum atomic E-state index is 0.279. The second kappa shape index (κ2) is 1.91. The lowest BCUT2D eigenvalue weighted by atomic mass is 11.0. The summed E-state index contributed by atoms with van der Waals surface area (Å²) in [6.07, 6.45) is 3.66. The topological polar surface area (TPSA) is 29.9 Å². The Balaban J connectivity index is 2.39. The van der Waals surface area contributed by atoms with Crippen molar-refractivity contribution in [3.8, 4) is 0 Å². The maximum Gasteiger partial charge on any atom is 0.189 e. The van der Waals surface area contributed by atoms with E-state index in [0.717, 1.165) is 5.16 Å². The Morgan fingerprint density at radius 1 is 1.89 bits per heavy atom. The van der Waals surface area contributed by atoms with Crippen molar-refractivity contribution in [2.45, 2.75) is 9.44 Å². The van der Waals surface area contributed by atoms with E-state index in [4.69, 9.17) is 0 Å². The highest BCUT2D eigenvalue weighted by Crippen LogP contribution is 2.29. The van der Waals surface area contributed by atoms with Crippen LogP contribution in [0.2, 0.25) is 0 Å². The second-order valence-electron chi connectivity index (χ2n) is 1.64. The number of nitrogens with one attached hydrogen (secondary N) is 1. The number of halogens is 1. The number of imidazole rings is 1. The van der Waals surface area contributed by atoms with E-state index in [1.807, 2.05) is 10.9 Å². The van der Waals surface area contributed by atoms with Crippen LogP contribution in [0, 0.1) is 0 Å². The molecule has 9 heavy (non-hydrogen) atoms. The summed E-state index contributed by atoms with van der Waals surface area (Å²) in [5.41, 5.74) is 3.11. The summed E-state index contributed by atoms with van der Waals surface area (Å²) in [6.45, 7) is 0. The molecule has 2 heterocycles. The molecule has 1 atom stereocenters. The second-order valence-corrected chi connectivity index (χ2v) is 4.24. The van der Waals surface area contributed by atoms with Gasteiger partial charge in [0, 0.05) is 12.4 Å². The summed E-state index contributed by atoms with van der Waals surface area (Å²) in [5, 5.41) is 1.01. The number of thioether (sulfide) groups is 1. The van der Waals surface area contributed by atoms with Crippen molar-refractivity contribution in [1.82, 2.24) is 9.66 Å². The summed E-state index contributed by atoms with van der Waals surface area (Å²) in [7, 11) is 0. The molecule has 3 nitrogen and oxygen atoms in total. The SMILES string of the molecule is BrC1Nn2ccnc2S1. The Bertz CT molecular complexity index is 203. The predicted molar refractivity (Wildman–Crippen MR) is 40.2 cm³/mol. The summed E-state index contributed by atoms with van der Waals surface area (Å²) in [4.78, 5) is 4.08. The van der Waals surface area contributed by atoms with Gasteiger partial charge in [-0.25, -0.2) is 9.66 Å². The van der Waals surface area contributed by atoms with Gasteiger partial charge in [0.15, 0.2) is 5.16 Å². The Morgan fingerprint density at radius 2 is 2.78 bits per heavy atom. The highest BCUT2D eigenvalue weighted by molar-refractivity contribution is 9.11. The van der Waals surface area contributed by atoms with E-state index in [0.29, 0.717) is 0 Å². The molecule has 1 aromatic heterocycles. The first-order chi connectivity index (χ1) is 4.36. The zero-order valence-corrected chi connectivity index (χ0v) is 6.82. The molecule has 1 aliphatic rings. The highest BCUT2D eigenvalue weighted by Gasteiger charge is 2.17. The molecule has 0 aromatic carbocycles. The van der Waals surface area contributed by atoms with Crippen LogP contribution in [-0.4, -0.2) is 13.9 Å². The van der Waals surface area contributed by atoms with Crippen molar-refractivity contribution in [3.63, 3.8) is 0 Å². The van der Waals surface area contributed by atoms with E-state index in [9.17, 15) is 0 Å². The molecule has 0 saturated heterocycles. The summed E-state index contributed by atoms with van der Waals surface area (Å²) in [5.74, 6) is 0. The number of hydrogen-bond donors (Lipinski definition) is 1. The number of nitrogens with zero attached hydrogens (tertiary/aromatic N) is 2. The van der Waals surface area contributed by atoms with Crippen molar-refractivity contribution in [2.24, 2.45) is 0 Å². The molecule has 48 valence electrons. The maximum atomic E-state index is 4.08. The molecule has 0 aliphatic carbocycles. The van der Waals surface area contributed by atoms with E-state index in [1.165, 1.54) is 0 Å².